The van der Waals surface area contributed by atoms with Crippen molar-refractivity contribution in [3.8, 4) is 0 Å². The van der Waals surface area contributed by atoms with E-state index < -0.39 is 0 Å². The monoisotopic (exact) mass is 640 g/mol. The summed E-state index contributed by atoms with van der Waals surface area (Å²) in [5.74, 6) is 3.69. The Morgan fingerprint density at radius 2 is 0.956 bits per heavy atom. The molecule has 45 heavy (non-hydrogen) atoms. The Hall–Kier alpha value is -0.850. The molecule has 0 aromatic heterocycles. The minimum absolute atomic E-state index is 0.206. The Balaban J connectivity index is 0. The van der Waals surface area contributed by atoms with Crippen LogP contribution < -0.4 is 0 Å². The van der Waals surface area contributed by atoms with E-state index in [2.05, 4.69) is 56.2 Å². The molecule has 2 amide bonds. The highest BCUT2D eigenvalue weighted by Crippen LogP contribution is 2.18. The average Bonchev–Trinajstić information content (AvgIpc) is 3.38. The van der Waals surface area contributed by atoms with Gasteiger partial charge in [0.15, 0.2) is 0 Å². The lowest BCUT2D eigenvalue weighted by molar-refractivity contribution is 0.175. The van der Waals surface area contributed by atoms with E-state index in [1.54, 1.807) is 0 Å². The molecule has 0 atom stereocenters. The van der Waals surface area contributed by atoms with Gasteiger partial charge in [-0.2, -0.15) is 0 Å². The zero-order chi connectivity index (χ0) is 34.6. The van der Waals surface area contributed by atoms with Crippen molar-refractivity contribution in [1.29, 1.82) is 0 Å². The Kier molecular flexibility index (Phi) is 31.3. The molecule has 4 heterocycles. The molecule has 272 valence electrons. The van der Waals surface area contributed by atoms with Gasteiger partial charge in [-0.15, -0.1) is 0 Å². The highest BCUT2D eigenvalue weighted by atomic mass is 16.2. The Labute approximate surface area is 285 Å². The zero-order valence-corrected chi connectivity index (χ0v) is 33.3. The predicted octanol–water partition coefficient (Wildman–Crippen LogP) is 9.45. The maximum Gasteiger partial charge on any atom is 0.319 e. The molecule has 4 aliphatic rings. The van der Waals surface area contributed by atoms with E-state index in [0.29, 0.717) is 0 Å². The third-order valence-corrected chi connectivity index (χ3v) is 9.28. The van der Waals surface area contributed by atoms with Crippen LogP contribution in [0.2, 0.25) is 0 Å². The van der Waals surface area contributed by atoms with E-state index >= 15 is 0 Å². The molecule has 0 radical (unpaired) electrons. The van der Waals surface area contributed by atoms with E-state index in [1.807, 2.05) is 58.4 Å². The first-order chi connectivity index (χ1) is 21.7. The van der Waals surface area contributed by atoms with Gasteiger partial charge >= 0.3 is 6.03 Å². The summed E-state index contributed by atoms with van der Waals surface area (Å²) in [7, 11) is 1.88. The largest absolute Gasteiger partial charge is 0.326 e. The van der Waals surface area contributed by atoms with Gasteiger partial charge in [0.25, 0.3) is 0 Å². The molecule has 4 aliphatic heterocycles. The van der Waals surface area contributed by atoms with Crippen molar-refractivity contribution < 1.29 is 4.79 Å². The summed E-state index contributed by atoms with van der Waals surface area (Å²) in [6.07, 6.45) is 12.2. The minimum atomic E-state index is 0.206. The molecule has 0 aliphatic carbocycles. The predicted molar refractivity (Wildman–Crippen MR) is 203 cm³/mol. The number of amides is 2. The standard InChI is InChI=1S/C13H25N3O.2C10H21N.3C2H6/c1-12-4-8-15(9-5-12)6-3-7-16-11-10-14(2)13(16)17;1-9(2)8-11-6-4-10(3)5-7-11;1-3-4-7-11-8-5-10(2)6-9-11;3*1-2/h12H,3-11H2,1-2H3;9-10H,4-8H2,1-3H3;10H,3-9H2,1-2H3;3*1-2H3. The van der Waals surface area contributed by atoms with Crippen molar-refractivity contribution in [2.75, 3.05) is 85.6 Å². The molecular weight excluding hydrogens is 554 g/mol. The van der Waals surface area contributed by atoms with Crippen LogP contribution in [-0.4, -0.2) is 116 Å². The van der Waals surface area contributed by atoms with Crippen molar-refractivity contribution in [2.24, 2.45) is 23.7 Å². The number of likely N-dealkylation sites (N-methyl/N-ethyl adjacent to an activating group) is 1. The van der Waals surface area contributed by atoms with Gasteiger partial charge in [0.05, 0.1) is 0 Å². The second-order valence-electron chi connectivity index (χ2n) is 13.8. The fraction of sp³-hybridized carbons (Fsp3) is 0.974. The number of carbonyl (C=O) groups is 1. The van der Waals surface area contributed by atoms with Gasteiger partial charge in [-0.3, -0.25) is 0 Å². The van der Waals surface area contributed by atoms with E-state index in [9.17, 15) is 4.79 Å². The minimum Gasteiger partial charge on any atom is -0.326 e. The van der Waals surface area contributed by atoms with Crippen LogP contribution in [0.1, 0.15) is 141 Å². The number of piperidine rings is 3. The summed E-state index contributed by atoms with van der Waals surface area (Å²) in [4.78, 5) is 23.2. The van der Waals surface area contributed by atoms with Gasteiger partial charge in [0, 0.05) is 33.2 Å². The van der Waals surface area contributed by atoms with Crippen LogP contribution in [-0.2, 0) is 0 Å². The molecule has 0 N–H and O–H groups in total. The molecule has 4 saturated heterocycles. The Bertz CT molecular complexity index is 618. The van der Waals surface area contributed by atoms with Crippen LogP contribution in [0, 0.1) is 23.7 Å². The quantitative estimate of drug-likeness (QED) is 0.252. The number of hydrogen-bond acceptors (Lipinski definition) is 4. The first kappa shape index (κ1) is 46.3. The third-order valence-electron chi connectivity index (χ3n) is 9.28. The fourth-order valence-electron chi connectivity index (χ4n) is 6.11. The van der Waals surface area contributed by atoms with Crippen LogP contribution in [0.3, 0.4) is 0 Å². The number of carbonyl (C=O) groups excluding carboxylic acids is 1. The smallest absolute Gasteiger partial charge is 0.319 e. The van der Waals surface area contributed by atoms with Gasteiger partial charge in [0.1, 0.15) is 0 Å². The normalized spacial score (nSPS) is 20.4. The number of urea groups is 1. The van der Waals surface area contributed by atoms with Crippen molar-refractivity contribution in [3.63, 3.8) is 0 Å². The molecule has 6 heteroatoms. The molecular formula is C39H85N5O. The van der Waals surface area contributed by atoms with Crippen LogP contribution in [0.25, 0.3) is 0 Å². The van der Waals surface area contributed by atoms with Crippen LogP contribution >= 0.6 is 0 Å². The lowest BCUT2D eigenvalue weighted by Crippen LogP contribution is -2.36. The molecule has 0 saturated carbocycles. The van der Waals surface area contributed by atoms with E-state index in [0.717, 1.165) is 56.3 Å². The zero-order valence-electron chi connectivity index (χ0n) is 33.3. The number of nitrogens with zero attached hydrogens (tertiary/aromatic N) is 5. The van der Waals surface area contributed by atoms with Gasteiger partial charge in [-0.1, -0.05) is 89.5 Å². The van der Waals surface area contributed by atoms with Gasteiger partial charge in [-0.25, -0.2) is 4.79 Å². The highest BCUT2D eigenvalue weighted by molar-refractivity contribution is 5.76. The van der Waals surface area contributed by atoms with Crippen LogP contribution in [0.4, 0.5) is 4.79 Å². The first-order valence-electron chi connectivity index (χ1n) is 19.8. The summed E-state index contributed by atoms with van der Waals surface area (Å²) in [6, 6.07) is 0.206. The maximum absolute atomic E-state index is 11.7. The second kappa shape index (κ2) is 30.5. The van der Waals surface area contributed by atoms with Crippen molar-refractivity contribution in [1.82, 2.24) is 24.5 Å². The molecule has 0 aromatic rings. The molecule has 0 spiro atoms. The summed E-state index contributed by atoms with van der Waals surface area (Å²) >= 11 is 0. The summed E-state index contributed by atoms with van der Waals surface area (Å²) in [5.41, 5.74) is 0. The molecule has 0 bridgehead atoms. The highest BCUT2D eigenvalue weighted by Gasteiger charge is 2.25. The summed E-state index contributed by atoms with van der Waals surface area (Å²) < 4.78 is 0. The summed E-state index contributed by atoms with van der Waals surface area (Å²) in [6.45, 7) is 40.3. The van der Waals surface area contributed by atoms with E-state index in [1.165, 1.54) is 104 Å². The number of rotatable bonds is 9. The molecule has 0 aromatic carbocycles. The van der Waals surface area contributed by atoms with Crippen molar-refractivity contribution in [2.45, 2.75) is 141 Å². The SMILES string of the molecule is CC.CC.CC.CC(C)CN1CCC(C)CC1.CC1CCN(CCCN2CCN(C)C2=O)CC1.CCCCN1CCC(C)CC1. The maximum atomic E-state index is 11.7. The van der Waals surface area contributed by atoms with Crippen LogP contribution in [0.5, 0.6) is 0 Å². The van der Waals surface area contributed by atoms with Gasteiger partial charge < -0.3 is 24.5 Å². The number of hydrogen-bond donors (Lipinski definition) is 0. The van der Waals surface area contributed by atoms with Crippen LogP contribution in [0.15, 0.2) is 0 Å². The molecule has 0 unspecified atom stereocenters. The Morgan fingerprint density at radius 1 is 0.578 bits per heavy atom. The molecule has 4 rings (SSSR count). The van der Waals surface area contributed by atoms with Crippen molar-refractivity contribution in [3.05, 3.63) is 0 Å². The lowest BCUT2D eigenvalue weighted by Gasteiger charge is -2.31. The van der Waals surface area contributed by atoms with Gasteiger partial charge in [-0.05, 0) is 127 Å². The lowest BCUT2D eigenvalue weighted by atomic mass is 9.98. The fourth-order valence-corrected chi connectivity index (χ4v) is 6.11. The number of likely N-dealkylation sites (tertiary alicyclic amines) is 3. The van der Waals surface area contributed by atoms with Gasteiger partial charge in [0.2, 0.25) is 0 Å². The first-order valence-corrected chi connectivity index (χ1v) is 19.8. The number of unbranched alkanes of at least 4 members (excludes halogenated alkanes) is 1. The van der Waals surface area contributed by atoms with E-state index in [-0.39, 0.29) is 6.03 Å². The summed E-state index contributed by atoms with van der Waals surface area (Å²) in [5, 5.41) is 0. The topological polar surface area (TPSA) is 33.3 Å². The third kappa shape index (κ3) is 23.2. The van der Waals surface area contributed by atoms with Crippen molar-refractivity contribution >= 4 is 6.03 Å². The Morgan fingerprint density at radius 3 is 1.29 bits per heavy atom. The molecule has 4 fully saturated rings. The average molecular weight is 640 g/mol. The second-order valence-corrected chi connectivity index (χ2v) is 13.8. The van der Waals surface area contributed by atoms with E-state index in [4.69, 9.17) is 0 Å². The molecule has 6 nitrogen and oxygen atoms in total.